The van der Waals surface area contributed by atoms with E-state index in [0.717, 1.165) is 41.8 Å². The number of hydrogen-bond acceptors (Lipinski definition) is 3. The molecule has 2 N–H and O–H groups in total. The molecule has 138 valence electrons. The third-order valence-electron chi connectivity index (χ3n) is 5.10. The maximum absolute atomic E-state index is 12.7. The molecule has 1 aliphatic rings. The molecule has 1 aliphatic carbocycles. The van der Waals surface area contributed by atoms with Gasteiger partial charge in [-0.3, -0.25) is 9.59 Å². The summed E-state index contributed by atoms with van der Waals surface area (Å²) in [5, 5.41) is 16.6. The Morgan fingerprint density at radius 1 is 1.27 bits per heavy atom. The Balaban J connectivity index is 1.81. The van der Waals surface area contributed by atoms with Gasteiger partial charge in [-0.25, -0.2) is 4.68 Å². The molecule has 0 atom stereocenters. The first kappa shape index (κ1) is 18.2. The van der Waals surface area contributed by atoms with Gasteiger partial charge in [-0.15, -0.1) is 0 Å². The second-order valence-electron chi connectivity index (χ2n) is 7.52. The fraction of sp³-hybridized carbons (Fsp3) is 0.450. The average Bonchev–Trinajstić information content (AvgIpc) is 3.17. The number of nitrogens with one attached hydrogen (secondary N) is 1. The van der Waals surface area contributed by atoms with Crippen LogP contribution in [0.4, 0.5) is 0 Å². The maximum atomic E-state index is 12.7. The third-order valence-corrected chi connectivity index (χ3v) is 5.10. The number of carbonyl (C=O) groups is 2. The second-order valence-corrected chi connectivity index (χ2v) is 7.52. The number of rotatable bonds is 6. The molecule has 26 heavy (non-hydrogen) atoms. The zero-order chi connectivity index (χ0) is 18.9. The van der Waals surface area contributed by atoms with E-state index in [-0.39, 0.29) is 5.91 Å². The van der Waals surface area contributed by atoms with Crippen molar-refractivity contribution in [1.29, 1.82) is 0 Å². The molecule has 6 nitrogen and oxygen atoms in total. The van der Waals surface area contributed by atoms with Crippen molar-refractivity contribution in [2.45, 2.75) is 46.5 Å². The quantitative estimate of drug-likeness (QED) is 0.834. The van der Waals surface area contributed by atoms with E-state index in [1.807, 2.05) is 35.9 Å². The van der Waals surface area contributed by atoms with Crippen LogP contribution in [0.25, 0.3) is 5.69 Å². The van der Waals surface area contributed by atoms with Gasteiger partial charge in [0.2, 0.25) is 0 Å². The van der Waals surface area contributed by atoms with Crippen LogP contribution in [0.5, 0.6) is 0 Å². The summed E-state index contributed by atoms with van der Waals surface area (Å²) in [6.45, 7) is 5.66. The lowest BCUT2D eigenvalue weighted by molar-refractivity contribution is -0.147. The Hall–Kier alpha value is -2.63. The first-order valence-electron chi connectivity index (χ1n) is 8.99. The molecule has 0 radical (unpaired) electrons. The first-order chi connectivity index (χ1) is 12.3. The van der Waals surface area contributed by atoms with Gasteiger partial charge in [-0.05, 0) is 58.1 Å². The van der Waals surface area contributed by atoms with Crippen LogP contribution in [0.15, 0.2) is 24.3 Å². The van der Waals surface area contributed by atoms with E-state index in [2.05, 4.69) is 10.4 Å². The number of nitrogens with zero attached hydrogens (tertiary/aromatic N) is 2. The number of carbonyl (C=O) groups excluding carboxylic acids is 1. The van der Waals surface area contributed by atoms with Crippen molar-refractivity contribution in [3.8, 4) is 5.69 Å². The summed E-state index contributed by atoms with van der Waals surface area (Å²) in [5.41, 5.74) is 3.83. The van der Waals surface area contributed by atoms with E-state index < -0.39 is 11.4 Å². The topological polar surface area (TPSA) is 84.2 Å². The van der Waals surface area contributed by atoms with Gasteiger partial charge < -0.3 is 10.4 Å². The van der Waals surface area contributed by atoms with Crippen LogP contribution in [0.3, 0.4) is 0 Å². The molecule has 6 heteroatoms. The summed E-state index contributed by atoms with van der Waals surface area (Å²) < 4.78 is 1.90. The van der Waals surface area contributed by atoms with E-state index in [4.69, 9.17) is 0 Å². The summed E-state index contributed by atoms with van der Waals surface area (Å²) in [4.78, 5) is 23.8. The van der Waals surface area contributed by atoms with E-state index in [1.54, 1.807) is 13.8 Å². The van der Waals surface area contributed by atoms with Gasteiger partial charge in [-0.1, -0.05) is 18.2 Å². The smallest absolute Gasteiger partial charge is 0.309 e. The molecule has 0 saturated carbocycles. The van der Waals surface area contributed by atoms with Crippen LogP contribution in [-0.4, -0.2) is 33.3 Å². The van der Waals surface area contributed by atoms with Crippen molar-refractivity contribution in [2.75, 3.05) is 6.54 Å². The highest BCUT2D eigenvalue weighted by molar-refractivity contribution is 5.94. The molecule has 0 bridgehead atoms. The minimum Gasteiger partial charge on any atom is -0.481 e. The summed E-state index contributed by atoms with van der Waals surface area (Å²) >= 11 is 0. The van der Waals surface area contributed by atoms with Crippen molar-refractivity contribution in [1.82, 2.24) is 15.1 Å². The van der Waals surface area contributed by atoms with Gasteiger partial charge in [-0.2, -0.15) is 5.10 Å². The highest BCUT2D eigenvalue weighted by Gasteiger charge is 2.29. The Kier molecular flexibility index (Phi) is 4.85. The van der Waals surface area contributed by atoms with Crippen LogP contribution < -0.4 is 5.32 Å². The van der Waals surface area contributed by atoms with Crippen LogP contribution in [0.2, 0.25) is 0 Å². The molecule has 1 amide bonds. The summed E-state index contributed by atoms with van der Waals surface area (Å²) in [6, 6.07) is 8.00. The number of carboxylic acid groups (broad SMARTS) is 1. The van der Waals surface area contributed by atoms with Crippen molar-refractivity contribution in [3.63, 3.8) is 0 Å². The predicted molar refractivity (Wildman–Crippen MR) is 98.7 cm³/mol. The van der Waals surface area contributed by atoms with Crippen LogP contribution in [-0.2, 0) is 17.6 Å². The monoisotopic (exact) mass is 355 g/mol. The molecule has 1 heterocycles. The van der Waals surface area contributed by atoms with Crippen LogP contribution >= 0.6 is 0 Å². The number of aliphatic carboxylic acids is 1. The maximum Gasteiger partial charge on any atom is 0.309 e. The summed E-state index contributed by atoms with van der Waals surface area (Å²) in [5.74, 6) is -1.09. The van der Waals surface area contributed by atoms with Gasteiger partial charge in [0.15, 0.2) is 5.69 Å². The molecule has 0 aliphatic heterocycles. The van der Waals surface area contributed by atoms with Gasteiger partial charge in [0.25, 0.3) is 5.91 Å². The standard InChI is InChI=1S/C20H25N3O3/c1-13-7-4-5-9-15(13)23-16-10-6-8-14(16)17(22-23)18(24)21-12-11-20(2,3)19(25)26/h4-5,7,9H,6,8,10-12H2,1-3H3,(H,21,24)(H,25,26). The van der Waals surface area contributed by atoms with E-state index >= 15 is 0 Å². The Labute approximate surface area is 153 Å². The van der Waals surface area contributed by atoms with E-state index in [1.165, 1.54) is 0 Å². The lowest BCUT2D eigenvalue weighted by atomic mass is 9.90. The molecular formula is C20H25N3O3. The number of hydrogen-bond donors (Lipinski definition) is 2. The fourth-order valence-electron chi connectivity index (χ4n) is 3.30. The average molecular weight is 355 g/mol. The molecule has 1 aromatic heterocycles. The van der Waals surface area contributed by atoms with E-state index in [9.17, 15) is 14.7 Å². The Morgan fingerprint density at radius 3 is 2.69 bits per heavy atom. The molecule has 3 rings (SSSR count). The van der Waals surface area contributed by atoms with Crippen molar-refractivity contribution in [3.05, 3.63) is 46.8 Å². The Bertz CT molecular complexity index is 852. The lowest BCUT2D eigenvalue weighted by Gasteiger charge is -2.18. The number of benzene rings is 1. The first-order valence-corrected chi connectivity index (χ1v) is 8.99. The number of aryl methyl sites for hydroxylation is 1. The second kappa shape index (κ2) is 6.94. The molecule has 0 fully saturated rings. The number of carboxylic acids is 1. The Morgan fingerprint density at radius 2 is 2.00 bits per heavy atom. The fourth-order valence-corrected chi connectivity index (χ4v) is 3.30. The molecule has 1 aromatic carbocycles. The molecule has 0 saturated heterocycles. The summed E-state index contributed by atoms with van der Waals surface area (Å²) in [7, 11) is 0. The summed E-state index contributed by atoms with van der Waals surface area (Å²) in [6.07, 6.45) is 3.15. The van der Waals surface area contributed by atoms with Gasteiger partial charge in [0.1, 0.15) is 0 Å². The van der Waals surface area contributed by atoms with Crippen molar-refractivity contribution >= 4 is 11.9 Å². The van der Waals surface area contributed by atoms with Gasteiger partial charge in [0, 0.05) is 17.8 Å². The molecular weight excluding hydrogens is 330 g/mol. The van der Waals surface area contributed by atoms with Gasteiger partial charge in [0.05, 0.1) is 11.1 Å². The van der Waals surface area contributed by atoms with Crippen LogP contribution in [0.1, 0.15) is 54.0 Å². The zero-order valence-electron chi connectivity index (χ0n) is 15.5. The predicted octanol–water partition coefficient (Wildman–Crippen LogP) is 2.90. The minimum atomic E-state index is -0.865. The lowest BCUT2D eigenvalue weighted by Crippen LogP contribution is -2.32. The highest BCUT2D eigenvalue weighted by Crippen LogP contribution is 2.29. The van der Waals surface area contributed by atoms with E-state index in [0.29, 0.717) is 18.7 Å². The molecule has 0 spiro atoms. The van der Waals surface area contributed by atoms with Crippen molar-refractivity contribution < 1.29 is 14.7 Å². The SMILES string of the molecule is Cc1ccccc1-n1nc(C(=O)NCCC(C)(C)C(=O)O)c2c1CCC2. The highest BCUT2D eigenvalue weighted by atomic mass is 16.4. The number of aromatic nitrogens is 2. The van der Waals surface area contributed by atoms with Crippen LogP contribution in [0, 0.1) is 12.3 Å². The minimum absolute atomic E-state index is 0.225. The van der Waals surface area contributed by atoms with Crippen molar-refractivity contribution in [2.24, 2.45) is 5.41 Å². The zero-order valence-corrected chi connectivity index (χ0v) is 15.5. The normalized spacial score (nSPS) is 13.5. The molecule has 0 unspecified atom stereocenters. The largest absolute Gasteiger partial charge is 0.481 e. The van der Waals surface area contributed by atoms with Gasteiger partial charge >= 0.3 is 5.97 Å². The number of amides is 1. The third kappa shape index (κ3) is 3.36. The molecule has 2 aromatic rings. The number of fused-ring (bicyclic) bond motifs is 1. The number of para-hydroxylation sites is 1.